The van der Waals surface area contributed by atoms with Gasteiger partial charge < -0.3 is 14.3 Å². The molecule has 1 atom stereocenters. The summed E-state index contributed by atoms with van der Waals surface area (Å²) in [7, 11) is 3.70. The number of oxime groups is 1. The van der Waals surface area contributed by atoms with Gasteiger partial charge in [-0.2, -0.15) is 0 Å². The first kappa shape index (κ1) is 24.6. The highest BCUT2D eigenvalue weighted by Gasteiger charge is 2.57. The minimum Gasteiger partial charge on any atom is -0.395 e. The standard InChI is InChI=1S/C26H28ClF2N5O2/c1-33(21-13-23(35)34(2)20-10-11-22(27)31-25(20)21)18-8-6-16(7-9-18)24(19-5-3-4-12-30-19)32-36-15-17-14-26(17,28)29/h3-5,10-13,16-18H,6-9,14-15H2,1-2H3/b32-24-/t16-,17-,18-/m0/s1. The van der Waals surface area contributed by atoms with E-state index in [9.17, 15) is 13.6 Å². The number of aryl methyl sites for hydroxylation is 1. The van der Waals surface area contributed by atoms with Gasteiger partial charge in [-0.15, -0.1) is 0 Å². The number of pyridine rings is 3. The van der Waals surface area contributed by atoms with Gasteiger partial charge in [0, 0.05) is 44.7 Å². The van der Waals surface area contributed by atoms with E-state index in [-0.39, 0.29) is 30.5 Å². The molecule has 0 unspecified atom stereocenters. The Balaban J connectivity index is 1.33. The van der Waals surface area contributed by atoms with Gasteiger partial charge in [0.2, 0.25) is 0 Å². The largest absolute Gasteiger partial charge is 0.395 e. The van der Waals surface area contributed by atoms with Crippen LogP contribution in [0.2, 0.25) is 5.15 Å². The van der Waals surface area contributed by atoms with Crippen LogP contribution in [0.1, 0.15) is 37.8 Å². The molecular weight excluding hydrogens is 488 g/mol. The second-order valence-electron chi connectivity index (χ2n) is 9.69. The van der Waals surface area contributed by atoms with Crippen molar-refractivity contribution in [2.45, 2.75) is 44.1 Å². The number of aromatic nitrogens is 3. The van der Waals surface area contributed by atoms with E-state index < -0.39 is 11.8 Å². The highest BCUT2D eigenvalue weighted by Crippen LogP contribution is 2.48. The van der Waals surface area contributed by atoms with Crippen molar-refractivity contribution in [3.8, 4) is 0 Å². The summed E-state index contributed by atoms with van der Waals surface area (Å²) in [6.45, 7) is -0.0903. The Morgan fingerprint density at radius 3 is 2.67 bits per heavy atom. The van der Waals surface area contributed by atoms with Gasteiger partial charge in [0.25, 0.3) is 11.5 Å². The molecule has 0 bridgehead atoms. The molecule has 0 aliphatic heterocycles. The fourth-order valence-electron chi connectivity index (χ4n) is 4.98. The normalized spacial score (nSPS) is 23.5. The molecular formula is C26H28ClF2N5O2. The van der Waals surface area contributed by atoms with Crippen molar-refractivity contribution in [2.24, 2.45) is 24.0 Å². The summed E-state index contributed by atoms with van der Waals surface area (Å²) in [4.78, 5) is 29.1. The van der Waals surface area contributed by atoms with Crippen LogP contribution in [-0.4, -0.2) is 45.9 Å². The maximum absolute atomic E-state index is 13.2. The molecule has 2 saturated carbocycles. The van der Waals surface area contributed by atoms with E-state index in [4.69, 9.17) is 16.4 Å². The van der Waals surface area contributed by atoms with Crippen molar-refractivity contribution in [1.29, 1.82) is 0 Å². The number of anilines is 1. The molecule has 3 aromatic heterocycles. The third-order valence-electron chi connectivity index (χ3n) is 7.37. The van der Waals surface area contributed by atoms with E-state index in [0.29, 0.717) is 22.1 Å². The Bertz CT molecular complexity index is 1340. The summed E-state index contributed by atoms with van der Waals surface area (Å²) < 4.78 is 28.1. The summed E-state index contributed by atoms with van der Waals surface area (Å²) in [6.07, 6.45) is 4.90. The van der Waals surface area contributed by atoms with Gasteiger partial charge in [0.15, 0.2) is 0 Å². The summed E-state index contributed by atoms with van der Waals surface area (Å²) in [5.41, 5.74) is 3.47. The van der Waals surface area contributed by atoms with Crippen molar-refractivity contribution in [2.75, 3.05) is 18.6 Å². The number of hydrogen-bond acceptors (Lipinski definition) is 6. The van der Waals surface area contributed by atoms with Crippen LogP contribution in [0.25, 0.3) is 11.0 Å². The van der Waals surface area contributed by atoms with Crippen molar-refractivity contribution in [3.63, 3.8) is 0 Å². The van der Waals surface area contributed by atoms with E-state index in [1.165, 1.54) is 0 Å². The van der Waals surface area contributed by atoms with Crippen LogP contribution < -0.4 is 10.5 Å². The summed E-state index contributed by atoms with van der Waals surface area (Å²) >= 11 is 6.18. The Morgan fingerprint density at radius 2 is 2.00 bits per heavy atom. The molecule has 7 nitrogen and oxygen atoms in total. The number of hydrogen-bond donors (Lipinski definition) is 0. The third kappa shape index (κ3) is 4.93. The van der Waals surface area contributed by atoms with Gasteiger partial charge >= 0.3 is 0 Å². The molecule has 2 aliphatic rings. The van der Waals surface area contributed by atoms with E-state index >= 15 is 0 Å². The lowest BCUT2D eigenvalue weighted by atomic mass is 9.81. The molecule has 36 heavy (non-hydrogen) atoms. The molecule has 3 heterocycles. The van der Waals surface area contributed by atoms with Crippen LogP contribution >= 0.6 is 11.6 Å². The maximum Gasteiger partial charge on any atom is 0.255 e. The molecule has 2 fully saturated rings. The van der Waals surface area contributed by atoms with Crippen LogP contribution in [-0.2, 0) is 11.9 Å². The fraction of sp³-hybridized carbons (Fsp3) is 0.462. The van der Waals surface area contributed by atoms with Gasteiger partial charge in [0.05, 0.1) is 22.8 Å². The monoisotopic (exact) mass is 515 g/mol. The molecule has 0 aromatic carbocycles. The van der Waals surface area contributed by atoms with Crippen molar-refractivity contribution in [3.05, 3.63) is 63.8 Å². The molecule has 3 aromatic rings. The Hall–Kier alpha value is -3.07. The Labute approximate surface area is 212 Å². The molecule has 0 spiro atoms. The highest BCUT2D eigenvalue weighted by molar-refractivity contribution is 6.29. The average molecular weight is 516 g/mol. The zero-order chi connectivity index (χ0) is 25.4. The molecule has 0 amide bonds. The number of fused-ring (bicyclic) bond motifs is 1. The van der Waals surface area contributed by atoms with Crippen LogP contribution in [0.4, 0.5) is 14.5 Å². The number of alkyl halides is 2. The highest BCUT2D eigenvalue weighted by atomic mass is 35.5. The summed E-state index contributed by atoms with van der Waals surface area (Å²) in [5, 5.41) is 4.68. The smallest absolute Gasteiger partial charge is 0.255 e. The first-order valence-electron chi connectivity index (χ1n) is 12.1. The third-order valence-corrected chi connectivity index (χ3v) is 7.58. The number of halogens is 3. The molecule has 0 N–H and O–H groups in total. The van der Waals surface area contributed by atoms with Crippen LogP contribution in [0.5, 0.6) is 0 Å². The second-order valence-corrected chi connectivity index (χ2v) is 10.1. The number of rotatable bonds is 7. The zero-order valence-electron chi connectivity index (χ0n) is 20.2. The van der Waals surface area contributed by atoms with Gasteiger partial charge in [-0.25, -0.2) is 13.8 Å². The lowest BCUT2D eigenvalue weighted by molar-refractivity contribution is 0.0566. The second kappa shape index (κ2) is 9.76. The topological polar surface area (TPSA) is 72.6 Å². The van der Waals surface area contributed by atoms with Crippen molar-refractivity contribution >= 4 is 34.0 Å². The maximum atomic E-state index is 13.2. The average Bonchev–Trinajstić information content (AvgIpc) is 3.50. The predicted octanol–water partition coefficient (Wildman–Crippen LogP) is 5.05. The van der Waals surface area contributed by atoms with E-state index in [2.05, 4.69) is 20.0 Å². The quantitative estimate of drug-likeness (QED) is 0.250. The molecule has 2 aliphatic carbocycles. The van der Waals surface area contributed by atoms with E-state index in [1.54, 1.807) is 29.9 Å². The Kier molecular flexibility index (Phi) is 6.68. The van der Waals surface area contributed by atoms with Gasteiger partial charge in [-0.1, -0.05) is 22.8 Å². The van der Waals surface area contributed by atoms with Crippen LogP contribution in [0.15, 0.2) is 52.5 Å². The van der Waals surface area contributed by atoms with Crippen LogP contribution in [0.3, 0.4) is 0 Å². The van der Waals surface area contributed by atoms with Gasteiger partial charge in [-0.3, -0.25) is 9.78 Å². The van der Waals surface area contributed by atoms with Crippen molar-refractivity contribution in [1.82, 2.24) is 14.5 Å². The predicted molar refractivity (Wildman–Crippen MR) is 136 cm³/mol. The molecule has 0 saturated heterocycles. The first-order valence-corrected chi connectivity index (χ1v) is 12.5. The van der Waals surface area contributed by atoms with Crippen LogP contribution in [0, 0.1) is 11.8 Å². The van der Waals surface area contributed by atoms with E-state index in [1.807, 2.05) is 31.3 Å². The number of nitrogens with zero attached hydrogens (tertiary/aromatic N) is 5. The minimum absolute atomic E-state index is 0.0903. The lowest BCUT2D eigenvalue weighted by Crippen LogP contribution is -2.38. The lowest BCUT2D eigenvalue weighted by Gasteiger charge is -2.36. The van der Waals surface area contributed by atoms with Crippen molar-refractivity contribution < 1.29 is 13.6 Å². The molecule has 190 valence electrons. The molecule has 5 rings (SSSR count). The summed E-state index contributed by atoms with van der Waals surface area (Å²) in [5.74, 6) is -3.30. The zero-order valence-corrected chi connectivity index (χ0v) is 21.0. The van der Waals surface area contributed by atoms with E-state index in [0.717, 1.165) is 36.9 Å². The first-order chi connectivity index (χ1) is 17.2. The SMILES string of the molecule is Cn1c(=O)cc(N(C)[C@H]2CC[C@H](/C(=N/OC[C@@H]3CC3(F)F)c3ccccn3)CC2)c2nc(Cl)ccc21. The Morgan fingerprint density at radius 1 is 1.25 bits per heavy atom. The molecule has 10 heteroatoms. The van der Waals surface area contributed by atoms with Gasteiger partial charge in [-0.05, 0) is 49.9 Å². The fourth-order valence-corrected chi connectivity index (χ4v) is 5.13. The minimum atomic E-state index is -2.63. The van der Waals surface area contributed by atoms with Gasteiger partial charge in [0.1, 0.15) is 23.0 Å². The summed E-state index contributed by atoms with van der Waals surface area (Å²) in [6, 6.07) is 10.9. The molecule has 0 radical (unpaired) electrons.